The third-order valence-electron chi connectivity index (χ3n) is 4.59. The van der Waals surface area contributed by atoms with Crippen LogP contribution >= 0.6 is 0 Å². The fourth-order valence-electron chi connectivity index (χ4n) is 3.51. The first-order valence-corrected chi connectivity index (χ1v) is 12.8. The number of hydrogen-bond acceptors (Lipinski definition) is 0. The monoisotopic (exact) mass is 312 g/mol. The van der Waals surface area contributed by atoms with Crippen molar-refractivity contribution < 1.29 is 23.3 Å². The Morgan fingerprint density at radius 1 is 0.562 bits per heavy atom. The third-order valence-corrected chi connectivity index (χ3v) is 13.5. The van der Waals surface area contributed by atoms with Crippen molar-refractivity contribution in [2.24, 2.45) is 0 Å². The summed E-state index contributed by atoms with van der Waals surface area (Å²) in [5.41, 5.74) is 2.49. The van der Waals surface area contributed by atoms with Crippen LogP contribution in [0.3, 0.4) is 0 Å². The summed E-state index contributed by atoms with van der Waals surface area (Å²) in [4.78, 5) is 0. The molecule has 0 saturated heterocycles. The Labute approximate surface area is 116 Å². The van der Waals surface area contributed by atoms with Gasteiger partial charge in [0, 0.05) is 0 Å². The van der Waals surface area contributed by atoms with E-state index < -0.39 is 0 Å². The summed E-state index contributed by atoms with van der Waals surface area (Å²) < 4.78 is 0. The van der Waals surface area contributed by atoms with E-state index >= 15 is 0 Å². The molecule has 2 aliphatic carbocycles. The topological polar surface area (TPSA) is 0 Å². The van der Waals surface area contributed by atoms with Gasteiger partial charge >= 0.3 is 117 Å². The van der Waals surface area contributed by atoms with E-state index in [0.717, 1.165) is 0 Å². The van der Waals surface area contributed by atoms with E-state index in [2.05, 4.69) is 0 Å². The van der Waals surface area contributed by atoms with Crippen molar-refractivity contribution in [1.29, 1.82) is 0 Å². The molecule has 0 bridgehead atoms. The first kappa shape index (κ1) is 13.5. The molecule has 0 amide bonds. The van der Waals surface area contributed by atoms with Gasteiger partial charge in [-0.1, -0.05) is 0 Å². The van der Waals surface area contributed by atoms with Gasteiger partial charge in [0.25, 0.3) is 0 Å². The molecule has 0 N–H and O–H groups in total. The second-order valence-corrected chi connectivity index (χ2v) is 12.6. The standard InChI is InChI=1S/C14H26Si.Zr/c1-2-6-10-13(9-5-1)15-14-11-7-3-4-8-12-14;/h13-14H,1-12H2;/q;+2. The Balaban J connectivity index is 1.88. The summed E-state index contributed by atoms with van der Waals surface area (Å²) in [5, 5.41) is 0. The Morgan fingerprint density at radius 3 is 1.19 bits per heavy atom. The van der Waals surface area contributed by atoms with E-state index in [1.54, 1.807) is 51.4 Å². The fourth-order valence-corrected chi connectivity index (χ4v) is 10.5. The number of hydrogen-bond donors (Lipinski definition) is 0. The Hall–Kier alpha value is 1.10. The van der Waals surface area contributed by atoms with Crippen molar-refractivity contribution in [2.45, 2.75) is 88.1 Å². The van der Waals surface area contributed by atoms with Gasteiger partial charge in [-0.05, 0) is 0 Å². The van der Waals surface area contributed by atoms with Crippen LogP contribution in [-0.4, -0.2) is 5.43 Å². The Morgan fingerprint density at radius 2 is 0.875 bits per heavy atom. The van der Waals surface area contributed by atoms with E-state index in [1.807, 2.05) is 23.3 Å². The van der Waals surface area contributed by atoms with E-state index in [0.29, 0.717) is 0 Å². The van der Waals surface area contributed by atoms with Gasteiger partial charge < -0.3 is 0 Å². The van der Waals surface area contributed by atoms with E-state index in [-0.39, 0.29) is 5.43 Å². The molecule has 0 aromatic rings. The fraction of sp³-hybridized carbons (Fsp3) is 1.00. The quantitative estimate of drug-likeness (QED) is 0.498. The predicted octanol–water partition coefficient (Wildman–Crippen LogP) is 4.97. The van der Waals surface area contributed by atoms with Gasteiger partial charge in [0.15, 0.2) is 0 Å². The molecule has 0 unspecified atom stereocenters. The summed E-state index contributed by atoms with van der Waals surface area (Å²) in [5.74, 6) is 0. The van der Waals surface area contributed by atoms with Crippen molar-refractivity contribution in [2.75, 3.05) is 0 Å². The minimum atomic E-state index is 0.0532. The summed E-state index contributed by atoms with van der Waals surface area (Å²) in [6.45, 7) is 0. The molecule has 2 heteroatoms. The molecule has 2 rings (SSSR count). The van der Waals surface area contributed by atoms with Crippen molar-refractivity contribution in [3.63, 3.8) is 0 Å². The second-order valence-electron chi connectivity index (χ2n) is 5.83. The van der Waals surface area contributed by atoms with Crippen molar-refractivity contribution in [3.8, 4) is 0 Å². The molecule has 0 aliphatic heterocycles. The zero-order valence-electron chi connectivity index (χ0n) is 10.6. The molecule has 0 heterocycles. The molecule has 0 aromatic heterocycles. The van der Waals surface area contributed by atoms with E-state index in [4.69, 9.17) is 0 Å². The van der Waals surface area contributed by atoms with Gasteiger partial charge in [-0.25, -0.2) is 0 Å². The average Bonchev–Trinajstić information content (AvgIpc) is 2.73. The van der Waals surface area contributed by atoms with Crippen molar-refractivity contribution >= 4 is 5.43 Å². The summed E-state index contributed by atoms with van der Waals surface area (Å²) in [6.07, 6.45) is 18.8. The zero-order chi connectivity index (χ0) is 11.2. The van der Waals surface area contributed by atoms with Crippen molar-refractivity contribution in [1.82, 2.24) is 0 Å². The Bertz CT molecular complexity index is 189. The molecule has 2 saturated carbocycles. The van der Waals surface area contributed by atoms with Gasteiger partial charge in [0.1, 0.15) is 0 Å². The maximum atomic E-state index is 1.96. The molecule has 0 atom stereocenters. The molecule has 0 aromatic carbocycles. The third kappa shape index (κ3) is 4.09. The predicted molar refractivity (Wildman–Crippen MR) is 68.7 cm³/mol. The first-order chi connectivity index (χ1) is 7.88. The van der Waals surface area contributed by atoms with Gasteiger partial charge in [0.2, 0.25) is 0 Å². The van der Waals surface area contributed by atoms with E-state index in [9.17, 15) is 0 Å². The molecule has 2 aliphatic rings. The summed E-state index contributed by atoms with van der Waals surface area (Å²) in [6, 6.07) is 0. The number of rotatable bonds is 2. The van der Waals surface area contributed by atoms with E-state index in [1.165, 1.54) is 36.8 Å². The maximum absolute atomic E-state index is 1.96. The van der Waals surface area contributed by atoms with Crippen LogP contribution in [0.25, 0.3) is 0 Å². The molecule has 0 nitrogen and oxygen atoms in total. The van der Waals surface area contributed by atoms with Crippen LogP contribution in [-0.2, 0) is 23.3 Å². The van der Waals surface area contributed by atoms with Gasteiger partial charge in [0.05, 0.1) is 0 Å². The first-order valence-electron chi connectivity index (χ1n) is 7.46. The molecule has 0 spiro atoms. The van der Waals surface area contributed by atoms with Crippen LogP contribution in [0.4, 0.5) is 0 Å². The summed E-state index contributed by atoms with van der Waals surface area (Å²) >= 11 is 1.96. The van der Waals surface area contributed by atoms with Gasteiger partial charge in [-0.15, -0.1) is 0 Å². The average molecular weight is 314 g/mol. The van der Waals surface area contributed by atoms with Crippen LogP contribution in [0.5, 0.6) is 0 Å². The molecular weight excluding hydrogens is 287 g/mol. The molecule has 0 radical (unpaired) electrons. The van der Waals surface area contributed by atoms with Crippen LogP contribution in [0.15, 0.2) is 0 Å². The molecule has 88 valence electrons. The normalized spacial score (nSPS) is 26.1. The van der Waals surface area contributed by atoms with Crippen LogP contribution in [0.2, 0.25) is 11.1 Å². The Kier molecular flexibility index (Phi) is 6.36. The van der Waals surface area contributed by atoms with Crippen LogP contribution in [0.1, 0.15) is 77.0 Å². The molecular formula is C14H26SiZr+2. The second kappa shape index (κ2) is 7.52. The van der Waals surface area contributed by atoms with Gasteiger partial charge in [-0.3, -0.25) is 0 Å². The SMILES string of the molecule is [Zr+2]=[Si](C1CCCCCC1)C1CCCCCC1. The zero-order valence-corrected chi connectivity index (χ0v) is 14.1. The van der Waals surface area contributed by atoms with Crippen LogP contribution in [0, 0.1) is 0 Å². The van der Waals surface area contributed by atoms with Gasteiger partial charge in [-0.2, -0.15) is 0 Å². The summed E-state index contributed by atoms with van der Waals surface area (Å²) in [7, 11) is 0. The minimum absolute atomic E-state index is 0.0532. The van der Waals surface area contributed by atoms with Crippen LogP contribution < -0.4 is 0 Å². The molecule has 16 heavy (non-hydrogen) atoms. The van der Waals surface area contributed by atoms with Crippen molar-refractivity contribution in [3.05, 3.63) is 0 Å². The molecule has 2 fully saturated rings.